The minimum absolute atomic E-state index is 0.0806. The lowest BCUT2D eigenvalue weighted by Gasteiger charge is -2.38. The smallest absolute Gasteiger partial charge is 0.274 e. The van der Waals surface area contributed by atoms with Gasteiger partial charge >= 0.3 is 24.2 Å². The molecule has 0 spiro atoms. The number of hydrogen-bond acceptors (Lipinski definition) is 2. The van der Waals surface area contributed by atoms with Crippen LogP contribution >= 0.6 is 22.6 Å². The number of nitrogens with zero attached hydrogens (tertiary/aromatic N) is 1. The van der Waals surface area contributed by atoms with Crippen LogP contribution in [0.5, 0.6) is 0 Å². The Bertz CT molecular complexity index is 920. The third-order valence-corrected chi connectivity index (χ3v) is 5.28. The Balaban J connectivity index is 2.36. The van der Waals surface area contributed by atoms with E-state index in [2.05, 4.69) is 0 Å². The molecule has 0 bridgehead atoms. The highest BCUT2D eigenvalue weighted by atomic mass is 127. The lowest BCUT2D eigenvalue weighted by atomic mass is 9.90. The molecule has 3 nitrogen and oxygen atoms in total. The summed E-state index contributed by atoms with van der Waals surface area (Å²) < 4.78 is 143. The van der Waals surface area contributed by atoms with Crippen molar-refractivity contribution in [3.8, 4) is 0 Å². The highest BCUT2D eigenvalue weighted by molar-refractivity contribution is 14.1. The molecule has 32 heavy (non-hydrogen) atoms. The van der Waals surface area contributed by atoms with Crippen molar-refractivity contribution >= 4 is 34.4 Å². The first-order chi connectivity index (χ1) is 14.3. The second kappa shape index (κ2) is 8.13. The number of fused-ring (bicyclic) bond motifs is 1. The van der Waals surface area contributed by atoms with Gasteiger partial charge in [-0.05, 0) is 50.8 Å². The van der Waals surface area contributed by atoms with Crippen LogP contribution in [-0.2, 0) is 0 Å². The van der Waals surface area contributed by atoms with Gasteiger partial charge in [0.15, 0.2) is 0 Å². The lowest BCUT2D eigenvalue weighted by Crippen LogP contribution is -2.66. The topological polar surface area (TPSA) is 37.4 Å². The molecular weight excluding hydrogens is 586 g/mol. The number of alkyl halides is 11. The lowest BCUT2D eigenvalue weighted by molar-refractivity contribution is -0.402. The summed E-state index contributed by atoms with van der Waals surface area (Å²) in [7, 11) is 0. The zero-order valence-electron chi connectivity index (χ0n) is 15.1. The zero-order valence-corrected chi connectivity index (χ0v) is 17.3. The second-order valence-electron chi connectivity index (χ2n) is 6.50. The molecule has 178 valence electrons. The highest BCUT2D eigenvalue weighted by Crippen LogP contribution is 2.58. The summed E-state index contributed by atoms with van der Waals surface area (Å²) in [6.07, 6.45) is -16.1. The Morgan fingerprint density at radius 1 is 0.781 bits per heavy atom. The summed E-state index contributed by atoms with van der Waals surface area (Å²) in [5.41, 5.74) is -6.58. The van der Waals surface area contributed by atoms with Crippen molar-refractivity contribution in [2.24, 2.45) is 0 Å². The SMILES string of the molecule is O=C1c2ccccc2C(=O)N1CCC(I)=CC(F)(C(F)(F)F)C(F)(F)C(F)(F)C(F)(F)F. The highest BCUT2D eigenvalue weighted by Gasteiger charge is 2.85. The van der Waals surface area contributed by atoms with Crippen LogP contribution in [0, 0.1) is 0 Å². The first-order valence-corrected chi connectivity index (χ1v) is 9.28. The van der Waals surface area contributed by atoms with E-state index in [4.69, 9.17) is 0 Å². The molecule has 1 aromatic rings. The van der Waals surface area contributed by atoms with Crippen molar-refractivity contribution in [3.63, 3.8) is 0 Å². The van der Waals surface area contributed by atoms with E-state index in [9.17, 15) is 57.9 Å². The Kier molecular flexibility index (Phi) is 6.68. The predicted molar refractivity (Wildman–Crippen MR) is 94.4 cm³/mol. The summed E-state index contributed by atoms with van der Waals surface area (Å²) in [5.74, 6) is -16.5. The minimum atomic E-state index is -7.37. The van der Waals surface area contributed by atoms with Crippen LogP contribution in [0.2, 0.25) is 0 Å². The van der Waals surface area contributed by atoms with Crippen LogP contribution in [0.25, 0.3) is 0 Å². The Hall–Kier alpha value is -1.94. The predicted octanol–water partition coefficient (Wildman–Crippen LogP) is 6.10. The molecular formula is C17H9F11INO2. The number of imide groups is 1. The zero-order chi connectivity index (χ0) is 24.9. The summed E-state index contributed by atoms with van der Waals surface area (Å²) in [6.45, 7) is -0.781. The van der Waals surface area contributed by atoms with Crippen molar-refractivity contribution in [2.75, 3.05) is 6.54 Å². The monoisotopic (exact) mass is 595 g/mol. The number of benzene rings is 1. The van der Waals surface area contributed by atoms with Crippen LogP contribution in [0.1, 0.15) is 27.1 Å². The van der Waals surface area contributed by atoms with Gasteiger partial charge in [-0.3, -0.25) is 14.5 Å². The first-order valence-electron chi connectivity index (χ1n) is 8.20. The number of halogens is 12. The third-order valence-electron chi connectivity index (χ3n) is 4.43. The largest absolute Gasteiger partial charge is 0.460 e. The quantitative estimate of drug-likeness (QED) is 0.227. The van der Waals surface area contributed by atoms with Crippen molar-refractivity contribution in [1.82, 2.24) is 4.90 Å². The molecule has 0 fully saturated rings. The Morgan fingerprint density at radius 2 is 1.22 bits per heavy atom. The van der Waals surface area contributed by atoms with Crippen LogP contribution in [0.4, 0.5) is 48.3 Å². The summed E-state index contributed by atoms with van der Waals surface area (Å²) in [6, 6.07) is 5.26. The normalized spacial score (nSPS) is 18.1. The van der Waals surface area contributed by atoms with Gasteiger partial charge in [0.25, 0.3) is 17.5 Å². The molecule has 1 aliphatic rings. The summed E-state index contributed by atoms with van der Waals surface area (Å²) in [4.78, 5) is 24.8. The van der Waals surface area contributed by atoms with Gasteiger partial charge in [-0.25, -0.2) is 4.39 Å². The van der Waals surface area contributed by atoms with E-state index in [1.807, 2.05) is 0 Å². The second-order valence-corrected chi connectivity index (χ2v) is 7.89. The molecule has 1 unspecified atom stereocenters. The van der Waals surface area contributed by atoms with E-state index in [-0.39, 0.29) is 11.1 Å². The summed E-state index contributed by atoms with van der Waals surface area (Å²) in [5, 5.41) is 0. The Labute approximate surface area is 185 Å². The molecule has 1 atom stereocenters. The number of carbonyl (C=O) groups excluding carboxylic acids is 2. The third kappa shape index (κ3) is 4.07. The van der Waals surface area contributed by atoms with Gasteiger partial charge in [0.1, 0.15) is 0 Å². The molecule has 0 saturated heterocycles. The van der Waals surface area contributed by atoms with Crippen molar-refractivity contribution in [1.29, 1.82) is 0 Å². The van der Waals surface area contributed by atoms with Gasteiger partial charge in [0.05, 0.1) is 11.1 Å². The molecule has 0 saturated carbocycles. The standard InChI is InChI=1S/C17H9F11INO2/c18-13(16(23,24)25,14(19,20)15(21,22)17(26,27)28)7-8(29)5-6-30-11(31)9-3-1-2-4-10(9)12(30)32/h1-4,7H,5-6H2. The van der Waals surface area contributed by atoms with Crippen LogP contribution in [-0.4, -0.2) is 53.1 Å². The molecule has 1 heterocycles. The molecule has 0 aromatic heterocycles. The first kappa shape index (κ1) is 26.3. The van der Waals surface area contributed by atoms with E-state index in [0.717, 1.165) is 22.6 Å². The van der Waals surface area contributed by atoms with Gasteiger partial charge in [0.2, 0.25) is 0 Å². The van der Waals surface area contributed by atoms with Gasteiger partial charge < -0.3 is 0 Å². The van der Waals surface area contributed by atoms with E-state index < -0.39 is 64.3 Å². The number of rotatable bonds is 6. The van der Waals surface area contributed by atoms with Gasteiger partial charge in [-0.15, -0.1) is 0 Å². The van der Waals surface area contributed by atoms with E-state index in [1.165, 1.54) is 24.3 Å². The van der Waals surface area contributed by atoms with Crippen LogP contribution in [0.3, 0.4) is 0 Å². The molecule has 0 aliphatic carbocycles. The van der Waals surface area contributed by atoms with Crippen molar-refractivity contribution < 1.29 is 57.9 Å². The average Bonchev–Trinajstić information content (AvgIpc) is 2.88. The fraction of sp³-hybridized carbons (Fsp3) is 0.412. The van der Waals surface area contributed by atoms with E-state index >= 15 is 0 Å². The Morgan fingerprint density at radius 3 is 1.59 bits per heavy atom. The number of allylic oxidation sites excluding steroid dienone is 1. The maximum atomic E-state index is 14.3. The molecule has 2 rings (SSSR count). The van der Waals surface area contributed by atoms with Gasteiger partial charge in [0, 0.05) is 6.54 Å². The number of hydrogen-bond donors (Lipinski definition) is 0. The molecule has 2 amide bonds. The summed E-state index contributed by atoms with van der Waals surface area (Å²) >= 11 is 0.809. The number of carbonyl (C=O) groups is 2. The van der Waals surface area contributed by atoms with E-state index in [0.29, 0.717) is 4.90 Å². The molecule has 0 N–H and O–H groups in total. The van der Waals surface area contributed by atoms with Crippen molar-refractivity contribution in [2.45, 2.75) is 36.3 Å². The average molecular weight is 595 g/mol. The fourth-order valence-corrected chi connectivity index (χ4v) is 3.38. The van der Waals surface area contributed by atoms with Crippen molar-refractivity contribution in [3.05, 3.63) is 45.0 Å². The fourth-order valence-electron chi connectivity index (χ4n) is 2.71. The maximum Gasteiger partial charge on any atom is 0.460 e. The molecule has 0 radical (unpaired) electrons. The maximum absolute atomic E-state index is 14.3. The van der Waals surface area contributed by atoms with Gasteiger partial charge in [-0.2, -0.15) is 43.9 Å². The molecule has 1 aliphatic heterocycles. The number of amides is 2. The van der Waals surface area contributed by atoms with E-state index in [1.54, 1.807) is 0 Å². The van der Waals surface area contributed by atoms with Gasteiger partial charge in [-0.1, -0.05) is 12.1 Å². The van der Waals surface area contributed by atoms with Crippen LogP contribution in [0.15, 0.2) is 33.9 Å². The molecule has 1 aromatic carbocycles. The van der Waals surface area contributed by atoms with Crippen LogP contribution < -0.4 is 0 Å². The molecule has 15 heteroatoms. The minimum Gasteiger partial charge on any atom is -0.274 e.